The van der Waals surface area contributed by atoms with Crippen LogP contribution in [0.1, 0.15) is 25.7 Å². The van der Waals surface area contributed by atoms with E-state index in [4.69, 9.17) is 9.99 Å². The molecule has 0 aliphatic heterocycles. The van der Waals surface area contributed by atoms with Gasteiger partial charge in [-0.2, -0.15) is 10.8 Å². The average Bonchev–Trinajstić information content (AvgIpc) is 2.06. The van der Waals surface area contributed by atoms with E-state index >= 15 is 0 Å². The third-order valence-corrected chi connectivity index (χ3v) is 2.23. The molecule has 4 N–H and O–H groups in total. The molecule has 0 aromatic heterocycles. The van der Waals surface area contributed by atoms with Crippen molar-refractivity contribution in [1.82, 2.24) is 0 Å². The minimum Gasteiger partial charge on any atom is -0.481 e. The summed E-state index contributed by atoms with van der Waals surface area (Å²) in [5.41, 5.74) is 0. The van der Waals surface area contributed by atoms with E-state index in [-0.39, 0.29) is 12.0 Å². The Balaban J connectivity index is 2.25. The largest absolute Gasteiger partial charge is 0.481 e. The van der Waals surface area contributed by atoms with Crippen molar-refractivity contribution < 1.29 is 25.7 Å². The first-order valence-electron chi connectivity index (χ1n) is 4.04. The fourth-order valence-electron chi connectivity index (χ4n) is 1.50. The first kappa shape index (κ1) is 9.44. The molecule has 5 heteroatoms. The number of carboxylic acid groups (broad SMARTS) is 1. The fraction of sp³-hybridized carbons (Fsp3) is 0.857. The highest BCUT2D eigenvalue weighted by Crippen LogP contribution is 2.25. The molecule has 5 nitrogen and oxygen atoms in total. The van der Waals surface area contributed by atoms with Crippen LogP contribution >= 0.6 is 0 Å². The molecule has 0 amide bonds. The van der Waals surface area contributed by atoms with Crippen molar-refractivity contribution in [1.29, 1.82) is 0 Å². The first-order valence-corrected chi connectivity index (χ1v) is 4.04. The van der Waals surface area contributed by atoms with Crippen LogP contribution in [0, 0.1) is 5.92 Å². The third-order valence-electron chi connectivity index (χ3n) is 2.23. The highest BCUT2D eigenvalue weighted by Gasteiger charge is 2.26. The molecule has 0 radical (unpaired) electrons. The van der Waals surface area contributed by atoms with E-state index in [1.807, 2.05) is 0 Å². The van der Waals surface area contributed by atoms with Gasteiger partial charge in [0.05, 0.1) is 12.0 Å². The number of carbonyl (C=O) groups is 1. The summed E-state index contributed by atoms with van der Waals surface area (Å²) in [4.78, 5) is 19.6. The van der Waals surface area contributed by atoms with Gasteiger partial charge in [-0.3, -0.25) is 4.79 Å². The van der Waals surface area contributed by atoms with Crippen LogP contribution in [0.15, 0.2) is 0 Å². The molecule has 70 valence electrons. The smallest absolute Gasteiger partial charge is 0.306 e. The number of rotatable bonds is 3. The summed E-state index contributed by atoms with van der Waals surface area (Å²) in [6, 6.07) is 0. The van der Waals surface area contributed by atoms with Crippen LogP contribution in [0.3, 0.4) is 0 Å². The SMILES string of the molecule is [NH3+]OOC1CCC(C(=O)O)CC1. The Bertz CT molecular complexity index is 153. The van der Waals surface area contributed by atoms with E-state index in [0.717, 1.165) is 12.8 Å². The van der Waals surface area contributed by atoms with Gasteiger partial charge >= 0.3 is 5.97 Å². The lowest BCUT2D eigenvalue weighted by Gasteiger charge is -2.23. The minimum atomic E-state index is -0.705. The van der Waals surface area contributed by atoms with Crippen LogP contribution in [-0.4, -0.2) is 17.2 Å². The predicted molar refractivity (Wildman–Crippen MR) is 38.4 cm³/mol. The maximum atomic E-state index is 10.5. The van der Waals surface area contributed by atoms with Gasteiger partial charge in [-0.1, -0.05) is 0 Å². The van der Waals surface area contributed by atoms with Crippen LogP contribution in [0.5, 0.6) is 0 Å². The Morgan fingerprint density at radius 2 is 1.92 bits per heavy atom. The highest BCUT2D eigenvalue weighted by molar-refractivity contribution is 5.69. The molecular formula is C7H14NO4+. The van der Waals surface area contributed by atoms with Crippen LogP contribution in [-0.2, 0) is 14.7 Å². The lowest BCUT2D eigenvalue weighted by atomic mass is 9.88. The molecule has 0 saturated heterocycles. The van der Waals surface area contributed by atoms with E-state index in [1.165, 1.54) is 0 Å². The third kappa shape index (κ3) is 2.44. The summed E-state index contributed by atoms with van der Waals surface area (Å²) in [5, 5.41) is 8.67. The molecule has 1 saturated carbocycles. The summed E-state index contributed by atoms with van der Waals surface area (Å²) in [5.74, 6) is 2.19. The van der Waals surface area contributed by atoms with Gasteiger partial charge in [-0.25, -0.2) is 0 Å². The van der Waals surface area contributed by atoms with Crippen molar-refractivity contribution in [3.63, 3.8) is 0 Å². The van der Waals surface area contributed by atoms with Crippen molar-refractivity contribution in [3.8, 4) is 0 Å². The Hall–Kier alpha value is -0.650. The van der Waals surface area contributed by atoms with Crippen LogP contribution in [0.2, 0.25) is 0 Å². The van der Waals surface area contributed by atoms with Crippen molar-refractivity contribution in [2.45, 2.75) is 31.8 Å². The lowest BCUT2D eigenvalue weighted by molar-refractivity contribution is -0.805. The zero-order valence-electron chi connectivity index (χ0n) is 6.86. The van der Waals surface area contributed by atoms with E-state index in [9.17, 15) is 4.79 Å². The normalized spacial score (nSPS) is 30.1. The Morgan fingerprint density at radius 1 is 1.33 bits per heavy atom. The maximum Gasteiger partial charge on any atom is 0.306 e. The van der Waals surface area contributed by atoms with Crippen molar-refractivity contribution in [2.75, 3.05) is 0 Å². The van der Waals surface area contributed by atoms with E-state index in [2.05, 4.69) is 10.9 Å². The number of hydrogen-bond donors (Lipinski definition) is 2. The van der Waals surface area contributed by atoms with Gasteiger partial charge in [-0.05, 0) is 30.7 Å². The second-order valence-corrected chi connectivity index (χ2v) is 3.03. The number of carboxylic acids is 1. The predicted octanol–water partition coefficient (Wildman–Crippen LogP) is -0.265. The highest BCUT2D eigenvalue weighted by atomic mass is 17.3. The molecule has 0 unspecified atom stereocenters. The van der Waals surface area contributed by atoms with Gasteiger partial charge in [0, 0.05) is 0 Å². The van der Waals surface area contributed by atoms with Gasteiger partial charge in [0.25, 0.3) is 0 Å². The number of quaternary nitrogens is 1. The summed E-state index contributed by atoms with van der Waals surface area (Å²) in [6.45, 7) is 0. The van der Waals surface area contributed by atoms with Crippen molar-refractivity contribution >= 4 is 5.97 Å². The summed E-state index contributed by atoms with van der Waals surface area (Å²) in [6.07, 6.45) is 2.85. The summed E-state index contributed by atoms with van der Waals surface area (Å²) < 4.78 is 0. The quantitative estimate of drug-likeness (QED) is 0.458. The Labute approximate surface area is 70.3 Å². The molecule has 0 heterocycles. The van der Waals surface area contributed by atoms with Crippen LogP contribution < -0.4 is 5.90 Å². The molecule has 0 aromatic rings. The van der Waals surface area contributed by atoms with Gasteiger partial charge in [0.1, 0.15) is 0 Å². The molecule has 0 spiro atoms. The first-order chi connectivity index (χ1) is 5.74. The maximum absolute atomic E-state index is 10.5. The monoisotopic (exact) mass is 176 g/mol. The second kappa shape index (κ2) is 4.39. The number of aliphatic carboxylic acids is 1. The van der Waals surface area contributed by atoms with E-state index in [1.54, 1.807) is 0 Å². The van der Waals surface area contributed by atoms with Crippen molar-refractivity contribution in [3.05, 3.63) is 0 Å². The van der Waals surface area contributed by atoms with Crippen LogP contribution in [0.25, 0.3) is 0 Å². The molecule has 0 aromatic carbocycles. The van der Waals surface area contributed by atoms with Gasteiger partial charge in [-0.15, -0.1) is 0 Å². The van der Waals surface area contributed by atoms with E-state index < -0.39 is 5.97 Å². The fourth-order valence-corrected chi connectivity index (χ4v) is 1.50. The molecule has 1 aliphatic rings. The summed E-state index contributed by atoms with van der Waals surface area (Å²) >= 11 is 0. The number of hydrogen-bond acceptors (Lipinski definition) is 3. The standard InChI is InChI=1S/C7H13NO4/c8-12-11-6-3-1-5(2-4-6)7(9)10/h5-6H,1-4H2,8H3/p+1. The molecule has 1 rings (SSSR count). The molecule has 0 atom stereocenters. The zero-order valence-corrected chi connectivity index (χ0v) is 6.86. The summed E-state index contributed by atoms with van der Waals surface area (Å²) in [7, 11) is 0. The molecule has 0 bridgehead atoms. The Morgan fingerprint density at radius 3 is 2.33 bits per heavy atom. The minimum absolute atomic E-state index is 0.0260. The second-order valence-electron chi connectivity index (χ2n) is 3.03. The van der Waals surface area contributed by atoms with Gasteiger partial charge in [0.2, 0.25) is 0 Å². The molecule has 1 aliphatic carbocycles. The average molecular weight is 176 g/mol. The Kier molecular flexibility index (Phi) is 3.46. The molecular weight excluding hydrogens is 162 g/mol. The molecule has 1 fully saturated rings. The van der Waals surface area contributed by atoms with Gasteiger partial charge < -0.3 is 5.11 Å². The van der Waals surface area contributed by atoms with Crippen LogP contribution in [0.4, 0.5) is 0 Å². The molecule has 12 heavy (non-hydrogen) atoms. The topological polar surface area (TPSA) is 83.4 Å². The van der Waals surface area contributed by atoms with Crippen molar-refractivity contribution in [2.24, 2.45) is 5.92 Å². The van der Waals surface area contributed by atoms with Gasteiger partial charge in [0.15, 0.2) is 0 Å². The van der Waals surface area contributed by atoms with E-state index in [0.29, 0.717) is 12.8 Å². The lowest BCUT2D eigenvalue weighted by Crippen LogP contribution is -2.50. The zero-order chi connectivity index (χ0) is 8.97.